The molecule has 0 bridgehead atoms. The summed E-state index contributed by atoms with van der Waals surface area (Å²) in [4.78, 5) is 25.0. The Morgan fingerprint density at radius 2 is 1.92 bits per heavy atom. The van der Waals surface area contributed by atoms with Crippen molar-refractivity contribution in [3.05, 3.63) is 53.1 Å². The number of ether oxygens (including phenoxy) is 1. The van der Waals surface area contributed by atoms with E-state index in [1.807, 2.05) is 6.07 Å². The van der Waals surface area contributed by atoms with Crippen LogP contribution in [0, 0.1) is 16.7 Å². The number of H-pyrrole nitrogens is 1. The second-order valence-corrected chi connectivity index (χ2v) is 11.5. The molecule has 3 heterocycles. The maximum atomic E-state index is 13.0. The number of aromatic amines is 1. The van der Waals surface area contributed by atoms with Gasteiger partial charge in [0.1, 0.15) is 11.8 Å². The Morgan fingerprint density at radius 3 is 2.57 bits per heavy atom. The van der Waals surface area contributed by atoms with Crippen LogP contribution in [0.3, 0.4) is 0 Å². The Balaban J connectivity index is 1.53. The average Bonchev–Trinajstić information content (AvgIpc) is 3.40. The number of carbonyl (C=O) groups excluding carboxylic acids is 1. The second-order valence-electron chi connectivity index (χ2n) is 11.5. The van der Waals surface area contributed by atoms with E-state index in [1.54, 1.807) is 0 Å². The fourth-order valence-corrected chi connectivity index (χ4v) is 5.94. The van der Waals surface area contributed by atoms with Gasteiger partial charge in [0.25, 0.3) is 5.91 Å². The van der Waals surface area contributed by atoms with Crippen LogP contribution >= 0.6 is 0 Å². The van der Waals surface area contributed by atoms with Crippen LogP contribution in [0.4, 0.5) is 5.69 Å². The van der Waals surface area contributed by atoms with E-state index >= 15 is 0 Å². The fourth-order valence-electron chi connectivity index (χ4n) is 5.94. The van der Waals surface area contributed by atoms with Gasteiger partial charge in [-0.3, -0.25) is 9.69 Å². The van der Waals surface area contributed by atoms with Crippen LogP contribution in [0.1, 0.15) is 73.4 Å². The van der Waals surface area contributed by atoms with Gasteiger partial charge in [0.15, 0.2) is 5.82 Å². The van der Waals surface area contributed by atoms with Gasteiger partial charge in [0, 0.05) is 50.6 Å². The third kappa shape index (κ3) is 5.35. The van der Waals surface area contributed by atoms with Gasteiger partial charge in [-0.05, 0) is 67.8 Å². The number of anilines is 1. The van der Waals surface area contributed by atoms with Crippen molar-refractivity contribution in [2.45, 2.75) is 51.5 Å². The van der Waals surface area contributed by atoms with E-state index in [4.69, 9.17) is 10.00 Å². The van der Waals surface area contributed by atoms with Crippen LogP contribution < -0.4 is 5.32 Å². The number of piperazine rings is 1. The number of nitrogens with one attached hydrogen (secondary N) is 2. The maximum absolute atomic E-state index is 13.0. The molecule has 8 heteroatoms. The fraction of sp³-hybridized carbons (Fsp3) is 0.552. The van der Waals surface area contributed by atoms with Gasteiger partial charge in [-0.25, -0.2) is 4.98 Å². The molecule has 2 aliphatic heterocycles. The first-order valence-corrected chi connectivity index (χ1v) is 13.4. The largest absolute Gasteiger partial charge is 0.381 e. The normalized spacial score (nSPS) is 22.2. The summed E-state index contributed by atoms with van der Waals surface area (Å²) in [5.74, 6) is -0.198. The first-order valence-electron chi connectivity index (χ1n) is 13.4. The molecule has 196 valence electrons. The third-order valence-electron chi connectivity index (χ3n) is 8.46. The zero-order chi connectivity index (χ0) is 26.0. The Hall–Kier alpha value is -2.99. The molecule has 0 unspecified atom stereocenters. The highest BCUT2D eigenvalue weighted by Gasteiger charge is 2.41. The number of nitriles is 1. The first-order chi connectivity index (χ1) is 17.8. The molecule has 3 aliphatic rings. The van der Waals surface area contributed by atoms with E-state index in [0.717, 1.165) is 82.7 Å². The maximum Gasteiger partial charge on any atom is 0.291 e. The Bertz CT molecular complexity index is 1210. The van der Waals surface area contributed by atoms with Gasteiger partial charge in [0.05, 0.1) is 11.7 Å². The van der Waals surface area contributed by atoms with Gasteiger partial charge in [-0.15, -0.1) is 0 Å². The summed E-state index contributed by atoms with van der Waals surface area (Å²) < 4.78 is 5.83. The van der Waals surface area contributed by atoms with Crippen LogP contribution in [0.15, 0.2) is 30.5 Å². The molecular weight excluding hydrogens is 464 g/mol. The summed E-state index contributed by atoms with van der Waals surface area (Å²) >= 11 is 0. The minimum Gasteiger partial charge on any atom is -0.381 e. The highest BCUT2D eigenvalue weighted by Crippen LogP contribution is 2.44. The monoisotopic (exact) mass is 502 g/mol. The Morgan fingerprint density at radius 1 is 1.16 bits per heavy atom. The molecular formula is C29H38N6O2. The van der Waals surface area contributed by atoms with E-state index < -0.39 is 0 Å². The summed E-state index contributed by atoms with van der Waals surface area (Å²) in [6.45, 7) is 10.4. The SMILES string of the molecule is CN1CCN(C2(c3ccc(NC(=O)c4ncc(C#N)[nH]4)c(C4=CCC(C)(C)CC4)c3)CCOCC2)CC1. The minimum absolute atomic E-state index is 0.0615. The van der Waals surface area contributed by atoms with Crippen molar-refractivity contribution in [2.24, 2.45) is 5.41 Å². The smallest absolute Gasteiger partial charge is 0.291 e. The van der Waals surface area contributed by atoms with E-state index in [2.05, 4.69) is 70.3 Å². The molecule has 1 aliphatic carbocycles. The van der Waals surface area contributed by atoms with Crippen LogP contribution in [0.2, 0.25) is 0 Å². The van der Waals surface area contributed by atoms with Crippen molar-refractivity contribution in [3.8, 4) is 6.07 Å². The summed E-state index contributed by atoms with van der Waals surface area (Å²) in [5.41, 5.74) is 4.97. The summed E-state index contributed by atoms with van der Waals surface area (Å²) in [5, 5.41) is 12.2. The van der Waals surface area contributed by atoms with E-state index in [1.165, 1.54) is 17.3 Å². The molecule has 0 saturated carbocycles. The van der Waals surface area contributed by atoms with Crippen molar-refractivity contribution < 1.29 is 9.53 Å². The van der Waals surface area contributed by atoms with E-state index in [0.29, 0.717) is 0 Å². The Labute approximate surface area is 219 Å². The van der Waals surface area contributed by atoms with E-state index in [-0.39, 0.29) is 28.4 Å². The van der Waals surface area contributed by atoms with Crippen LogP contribution in [0.5, 0.6) is 0 Å². The predicted molar refractivity (Wildman–Crippen MR) is 144 cm³/mol. The van der Waals surface area contributed by atoms with Gasteiger partial charge in [-0.1, -0.05) is 26.0 Å². The molecule has 2 N–H and O–H groups in total. The molecule has 0 spiro atoms. The number of likely N-dealkylation sites (N-methyl/N-ethyl adjacent to an activating group) is 1. The number of rotatable bonds is 5. The number of nitrogens with zero attached hydrogens (tertiary/aromatic N) is 4. The summed E-state index contributed by atoms with van der Waals surface area (Å²) in [6.07, 6.45) is 8.78. The van der Waals surface area contributed by atoms with Crippen LogP contribution in [0.25, 0.3) is 5.57 Å². The lowest BCUT2D eigenvalue weighted by Crippen LogP contribution is -2.56. The summed E-state index contributed by atoms with van der Waals surface area (Å²) in [7, 11) is 2.19. The van der Waals surface area contributed by atoms with E-state index in [9.17, 15) is 4.79 Å². The Kier molecular flexibility index (Phi) is 7.21. The molecule has 2 fully saturated rings. The molecule has 0 atom stereocenters. The molecule has 37 heavy (non-hydrogen) atoms. The summed E-state index contributed by atoms with van der Waals surface area (Å²) in [6, 6.07) is 8.57. The van der Waals surface area contributed by atoms with Gasteiger partial charge in [-0.2, -0.15) is 5.26 Å². The minimum atomic E-state index is -0.341. The lowest BCUT2D eigenvalue weighted by molar-refractivity contribution is -0.0484. The molecule has 1 aromatic carbocycles. The number of allylic oxidation sites excluding steroid dienone is 2. The molecule has 2 saturated heterocycles. The van der Waals surface area contributed by atoms with Crippen molar-refractivity contribution in [2.75, 3.05) is 51.8 Å². The molecule has 1 aromatic heterocycles. The number of hydrogen-bond acceptors (Lipinski definition) is 6. The average molecular weight is 503 g/mol. The lowest BCUT2D eigenvalue weighted by atomic mass is 9.75. The first kappa shape index (κ1) is 25.7. The zero-order valence-electron chi connectivity index (χ0n) is 22.3. The number of aromatic nitrogens is 2. The number of hydrogen-bond donors (Lipinski definition) is 2. The zero-order valence-corrected chi connectivity index (χ0v) is 22.3. The van der Waals surface area contributed by atoms with Gasteiger partial charge >= 0.3 is 0 Å². The standard InChI is InChI=1S/C29H38N6O2/c1-28(2)8-6-21(7-9-28)24-18-22(4-5-25(24)33-27(36)26-31-20-23(19-30)32-26)29(10-16-37-17-11-29)35-14-12-34(3)13-15-35/h4-6,18,20H,7-17H2,1-3H3,(H,31,32)(H,33,36). The predicted octanol–water partition coefficient (Wildman–Crippen LogP) is 4.38. The van der Waals surface area contributed by atoms with Gasteiger partial charge < -0.3 is 19.9 Å². The molecule has 0 radical (unpaired) electrons. The topological polar surface area (TPSA) is 97.3 Å². The highest BCUT2D eigenvalue weighted by molar-refractivity contribution is 6.03. The van der Waals surface area contributed by atoms with Crippen LogP contribution in [-0.4, -0.2) is 72.1 Å². The third-order valence-corrected chi connectivity index (χ3v) is 8.46. The molecule has 5 rings (SSSR count). The van der Waals surface area contributed by atoms with Crippen molar-refractivity contribution in [3.63, 3.8) is 0 Å². The highest BCUT2D eigenvalue weighted by atomic mass is 16.5. The van der Waals surface area contributed by atoms with Crippen LogP contribution in [-0.2, 0) is 10.3 Å². The quantitative estimate of drug-likeness (QED) is 0.630. The second kappa shape index (κ2) is 10.4. The number of amides is 1. The molecule has 2 aromatic rings. The molecule has 1 amide bonds. The number of carbonyl (C=O) groups is 1. The van der Waals surface area contributed by atoms with Crippen molar-refractivity contribution in [1.29, 1.82) is 5.26 Å². The van der Waals surface area contributed by atoms with Gasteiger partial charge in [0.2, 0.25) is 0 Å². The number of benzene rings is 1. The lowest BCUT2D eigenvalue weighted by Gasteiger charge is -2.50. The van der Waals surface area contributed by atoms with Crippen molar-refractivity contribution >= 4 is 17.2 Å². The molecule has 8 nitrogen and oxygen atoms in total. The van der Waals surface area contributed by atoms with Crippen molar-refractivity contribution in [1.82, 2.24) is 19.8 Å². The number of imidazole rings is 1.